The monoisotopic (exact) mass is 334 g/mol. The lowest BCUT2D eigenvalue weighted by atomic mass is 9.69. The Balaban J connectivity index is 1.44. The van der Waals surface area contributed by atoms with Gasteiger partial charge in [0.25, 0.3) is 0 Å². The molecule has 2 aromatic rings. The maximum Gasteiger partial charge on any atom is 0.243 e. The van der Waals surface area contributed by atoms with Gasteiger partial charge in [-0.1, -0.05) is 30.3 Å². The van der Waals surface area contributed by atoms with Gasteiger partial charge in [-0.3, -0.25) is 4.79 Å². The zero-order chi connectivity index (χ0) is 17.3. The third kappa shape index (κ3) is 2.82. The highest BCUT2D eigenvalue weighted by atomic mass is 16.2. The number of carbonyl (C=O) groups is 1. The number of fused-ring (bicyclic) bond motifs is 1. The second kappa shape index (κ2) is 6.36. The maximum atomic E-state index is 12.7. The van der Waals surface area contributed by atoms with E-state index in [1.54, 1.807) is 0 Å². The molecular weight excluding hydrogens is 312 g/mol. The highest BCUT2D eigenvalue weighted by molar-refractivity contribution is 5.86. The van der Waals surface area contributed by atoms with E-state index in [1.165, 1.54) is 11.3 Å². The Labute approximate surface area is 147 Å². The first-order valence-electron chi connectivity index (χ1n) is 8.99. The highest BCUT2D eigenvalue weighted by Crippen LogP contribution is 2.42. The van der Waals surface area contributed by atoms with Gasteiger partial charge < -0.3 is 9.47 Å². The van der Waals surface area contributed by atoms with Crippen LogP contribution in [0.15, 0.2) is 36.7 Å². The standard InChI is InChI=1S/C20H22N4O/c21-14-20(9-4-10-20)19(25)23-12-8-18-17(13-23)22-15-24(18)11-7-16-5-2-1-3-6-16/h1-3,5-6,15H,4,7-13H2. The highest BCUT2D eigenvalue weighted by Gasteiger charge is 2.47. The van der Waals surface area contributed by atoms with Crippen molar-refractivity contribution in [2.75, 3.05) is 6.54 Å². The first-order chi connectivity index (χ1) is 12.2. The predicted molar refractivity (Wildman–Crippen MR) is 93.4 cm³/mol. The average molecular weight is 334 g/mol. The lowest BCUT2D eigenvalue weighted by molar-refractivity contribution is -0.144. The van der Waals surface area contributed by atoms with Gasteiger partial charge in [-0.25, -0.2) is 4.98 Å². The molecule has 1 aromatic heterocycles. The largest absolute Gasteiger partial charge is 0.335 e. The number of nitriles is 1. The van der Waals surface area contributed by atoms with Crippen molar-refractivity contribution in [2.45, 2.75) is 45.2 Å². The van der Waals surface area contributed by atoms with Crippen molar-refractivity contribution in [1.82, 2.24) is 14.5 Å². The van der Waals surface area contributed by atoms with E-state index in [1.807, 2.05) is 17.3 Å². The minimum atomic E-state index is -0.757. The number of imidazole rings is 1. The van der Waals surface area contributed by atoms with Crippen molar-refractivity contribution in [2.24, 2.45) is 5.41 Å². The van der Waals surface area contributed by atoms with Crippen LogP contribution in [0.4, 0.5) is 0 Å². The minimum Gasteiger partial charge on any atom is -0.335 e. The van der Waals surface area contributed by atoms with Gasteiger partial charge in [0.2, 0.25) is 5.91 Å². The molecule has 1 amide bonds. The van der Waals surface area contributed by atoms with E-state index in [0.29, 0.717) is 25.9 Å². The van der Waals surface area contributed by atoms with Crippen molar-refractivity contribution in [3.05, 3.63) is 53.6 Å². The van der Waals surface area contributed by atoms with E-state index in [4.69, 9.17) is 0 Å². The van der Waals surface area contributed by atoms with Crippen LogP contribution >= 0.6 is 0 Å². The molecule has 5 heteroatoms. The molecule has 128 valence electrons. The third-order valence-electron chi connectivity index (χ3n) is 5.59. The Morgan fingerprint density at radius 2 is 2.08 bits per heavy atom. The van der Waals surface area contributed by atoms with Gasteiger partial charge in [0.05, 0.1) is 24.6 Å². The van der Waals surface area contributed by atoms with E-state index in [2.05, 4.69) is 39.9 Å². The Bertz CT molecular complexity index is 814. The number of aryl methyl sites for hydroxylation is 2. The molecule has 4 rings (SSSR count). The van der Waals surface area contributed by atoms with Crippen molar-refractivity contribution in [1.29, 1.82) is 5.26 Å². The molecule has 1 saturated carbocycles. The molecule has 0 spiro atoms. The maximum absolute atomic E-state index is 12.7. The summed E-state index contributed by atoms with van der Waals surface area (Å²) in [7, 11) is 0. The van der Waals surface area contributed by atoms with Crippen LogP contribution in [0.5, 0.6) is 0 Å². The van der Waals surface area contributed by atoms with Crippen LogP contribution in [0.1, 0.15) is 36.2 Å². The van der Waals surface area contributed by atoms with Gasteiger partial charge in [-0.2, -0.15) is 5.26 Å². The molecule has 1 fully saturated rings. The van der Waals surface area contributed by atoms with Crippen LogP contribution in [0.2, 0.25) is 0 Å². The Hall–Kier alpha value is -2.61. The molecule has 0 N–H and O–H groups in total. The number of carbonyl (C=O) groups excluding carboxylic acids is 1. The summed E-state index contributed by atoms with van der Waals surface area (Å²) in [5.41, 5.74) is 2.78. The second-order valence-electron chi connectivity index (χ2n) is 7.09. The number of hydrogen-bond donors (Lipinski definition) is 0. The van der Waals surface area contributed by atoms with Crippen LogP contribution in [-0.4, -0.2) is 26.9 Å². The average Bonchev–Trinajstić information content (AvgIpc) is 3.02. The van der Waals surface area contributed by atoms with E-state index in [0.717, 1.165) is 31.5 Å². The van der Waals surface area contributed by atoms with Crippen LogP contribution < -0.4 is 0 Å². The first kappa shape index (κ1) is 15.9. The number of nitrogens with zero attached hydrogens (tertiary/aromatic N) is 4. The zero-order valence-corrected chi connectivity index (χ0v) is 14.3. The van der Waals surface area contributed by atoms with Gasteiger partial charge in [-0.15, -0.1) is 0 Å². The van der Waals surface area contributed by atoms with Crippen molar-refractivity contribution in [3.63, 3.8) is 0 Å². The SMILES string of the molecule is N#CC1(C(=O)N2CCc3c(ncn3CCc3ccccc3)C2)CCC1. The summed E-state index contributed by atoms with van der Waals surface area (Å²) in [5, 5.41) is 9.40. The van der Waals surface area contributed by atoms with Gasteiger partial charge in [0, 0.05) is 25.2 Å². The Kier molecular flexibility index (Phi) is 4.04. The summed E-state index contributed by atoms with van der Waals surface area (Å²) in [5.74, 6) is 0.00531. The molecule has 5 nitrogen and oxygen atoms in total. The first-order valence-corrected chi connectivity index (χ1v) is 8.99. The number of hydrogen-bond acceptors (Lipinski definition) is 3. The van der Waals surface area contributed by atoms with Crippen LogP contribution in [0.3, 0.4) is 0 Å². The molecule has 1 aromatic carbocycles. The summed E-state index contributed by atoms with van der Waals surface area (Å²) in [4.78, 5) is 19.1. The fraction of sp³-hybridized carbons (Fsp3) is 0.450. The van der Waals surface area contributed by atoms with Crippen molar-refractivity contribution < 1.29 is 4.79 Å². The summed E-state index contributed by atoms with van der Waals surface area (Å²) in [6, 6.07) is 12.7. The molecule has 0 radical (unpaired) electrons. The van der Waals surface area contributed by atoms with Crippen LogP contribution in [-0.2, 0) is 30.7 Å². The molecule has 0 atom stereocenters. The van der Waals surface area contributed by atoms with Crippen LogP contribution in [0.25, 0.3) is 0 Å². The number of rotatable bonds is 4. The number of amides is 1. The van der Waals surface area contributed by atoms with E-state index >= 15 is 0 Å². The van der Waals surface area contributed by atoms with Gasteiger partial charge in [0.1, 0.15) is 5.41 Å². The fourth-order valence-corrected chi connectivity index (χ4v) is 3.84. The smallest absolute Gasteiger partial charge is 0.243 e. The molecular formula is C20H22N4O. The third-order valence-corrected chi connectivity index (χ3v) is 5.59. The van der Waals surface area contributed by atoms with E-state index < -0.39 is 5.41 Å². The predicted octanol–water partition coefficient (Wildman–Crippen LogP) is 2.70. The van der Waals surface area contributed by atoms with E-state index in [-0.39, 0.29) is 5.91 Å². The summed E-state index contributed by atoms with van der Waals surface area (Å²) < 4.78 is 2.22. The normalized spacial score (nSPS) is 18.1. The molecule has 0 bridgehead atoms. The van der Waals surface area contributed by atoms with Gasteiger partial charge >= 0.3 is 0 Å². The second-order valence-corrected chi connectivity index (χ2v) is 7.09. The molecule has 0 unspecified atom stereocenters. The molecule has 25 heavy (non-hydrogen) atoms. The lowest BCUT2D eigenvalue weighted by Gasteiger charge is -2.39. The lowest BCUT2D eigenvalue weighted by Crippen LogP contribution is -2.48. The van der Waals surface area contributed by atoms with Crippen molar-refractivity contribution >= 4 is 5.91 Å². The molecule has 1 aliphatic heterocycles. The Morgan fingerprint density at radius 3 is 2.76 bits per heavy atom. The Morgan fingerprint density at radius 1 is 1.28 bits per heavy atom. The summed E-state index contributed by atoms with van der Waals surface area (Å²) in [6.07, 6.45) is 6.08. The summed E-state index contributed by atoms with van der Waals surface area (Å²) >= 11 is 0. The summed E-state index contributed by atoms with van der Waals surface area (Å²) in [6.45, 7) is 2.13. The van der Waals surface area contributed by atoms with Crippen LogP contribution in [0, 0.1) is 16.7 Å². The molecule has 0 saturated heterocycles. The quantitative estimate of drug-likeness (QED) is 0.864. The van der Waals surface area contributed by atoms with Gasteiger partial charge in [-0.05, 0) is 31.2 Å². The molecule has 2 aliphatic rings. The molecule has 1 aliphatic carbocycles. The minimum absolute atomic E-state index is 0.00531. The zero-order valence-electron chi connectivity index (χ0n) is 14.3. The molecule has 2 heterocycles. The topological polar surface area (TPSA) is 61.9 Å². The van der Waals surface area contributed by atoms with E-state index in [9.17, 15) is 10.1 Å². The fourth-order valence-electron chi connectivity index (χ4n) is 3.84. The van der Waals surface area contributed by atoms with Crippen molar-refractivity contribution in [3.8, 4) is 6.07 Å². The number of aromatic nitrogens is 2. The number of benzene rings is 1. The van der Waals surface area contributed by atoms with Gasteiger partial charge in [0.15, 0.2) is 0 Å².